The van der Waals surface area contributed by atoms with Crippen LogP contribution in [-0.2, 0) is 4.74 Å². The lowest BCUT2D eigenvalue weighted by atomic mass is 10.5. The zero-order valence-corrected chi connectivity index (χ0v) is 4.75. The third-order valence-electron chi connectivity index (χ3n) is 0.769. The van der Waals surface area contributed by atoms with Crippen molar-refractivity contribution >= 4 is 5.97 Å². The van der Waals surface area contributed by atoms with Gasteiger partial charge in [0.2, 0.25) is 0 Å². The number of aromatic nitrogens is 1. The summed E-state index contributed by atoms with van der Waals surface area (Å²) in [5, 5.41) is 0. The van der Waals surface area contributed by atoms with Gasteiger partial charge in [-0.05, 0) is 0 Å². The van der Waals surface area contributed by atoms with Crippen LogP contribution in [0.15, 0.2) is 17.1 Å². The molecule has 1 aromatic rings. The molecule has 0 aromatic carbocycles. The van der Waals surface area contributed by atoms with Crippen molar-refractivity contribution < 1.29 is 15.3 Å². The van der Waals surface area contributed by atoms with Gasteiger partial charge in [-0.2, -0.15) is 0 Å². The minimum atomic E-state index is -0.654. The van der Waals surface area contributed by atoms with Crippen LogP contribution in [0.4, 0.5) is 0 Å². The molecule has 4 nitrogen and oxygen atoms in total. The van der Waals surface area contributed by atoms with E-state index >= 15 is 0 Å². The van der Waals surface area contributed by atoms with Gasteiger partial charge < -0.3 is 9.15 Å². The number of carbonyl (C=O) groups is 1. The van der Waals surface area contributed by atoms with E-state index in [0.29, 0.717) is 0 Å². The number of methoxy groups -OCH3 is 1. The minimum Gasteiger partial charge on any atom is -0.464 e. The van der Waals surface area contributed by atoms with Crippen LogP contribution in [0, 0.1) is 0 Å². The van der Waals surface area contributed by atoms with E-state index in [0.717, 1.165) is 6.39 Å². The molecule has 0 saturated heterocycles. The van der Waals surface area contributed by atoms with Gasteiger partial charge in [-0.25, -0.2) is 9.78 Å². The van der Waals surface area contributed by atoms with Gasteiger partial charge in [0.25, 0.3) is 0 Å². The molecule has 48 valence electrons. The lowest BCUT2D eigenvalue weighted by molar-refractivity contribution is 0.0594. The Hall–Kier alpha value is -1.32. The van der Waals surface area contributed by atoms with E-state index in [1.807, 2.05) is 0 Å². The first-order valence-corrected chi connectivity index (χ1v) is 2.24. The highest BCUT2D eigenvalue weighted by Gasteiger charge is 2.06. The normalized spacial score (nSPS) is 10.6. The standard InChI is InChI=1S/C5H5NO3/c1-8-5(7)4-2-9-3-6-4/h2-3H,1H3/i2D. The minimum absolute atomic E-state index is 0.0949. The monoisotopic (exact) mass is 128 g/mol. The molecular weight excluding hydrogens is 122 g/mol. The molecule has 0 fully saturated rings. The van der Waals surface area contributed by atoms with Gasteiger partial charge in [-0.15, -0.1) is 0 Å². The number of hydrogen-bond acceptors (Lipinski definition) is 4. The van der Waals surface area contributed by atoms with Gasteiger partial charge >= 0.3 is 5.97 Å². The molecule has 9 heavy (non-hydrogen) atoms. The van der Waals surface area contributed by atoms with E-state index in [9.17, 15) is 4.79 Å². The van der Waals surface area contributed by atoms with Crippen molar-refractivity contribution in [3.05, 3.63) is 18.3 Å². The Bertz CT molecular complexity index is 245. The molecule has 1 heterocycles. The lowest BCUT2D eigenvalue weighted by Crippen LogP contribution is -2.00. The summed E-state index contributed by atoms with van der Waals surface area (Å²) >= 11 is 0. The number of hydrogen-bond donors (Lipinski definition) is 0. The molecule has 0 N–H and O–H groups in total. The Balaban J connectivity index is 2.93. The van der Waals surface area contributed by atoms with Crippen LogP contribution in [0.1, 0.15) is 11.9 Å². The van der Waals surface area contributed by atoms with Crippen LogP contribution in [-0.4, -0.2) is 18.1 Å². The Labute approximate surface area is 52.9 Å². The second-order valence-electron chi connectivity index (χ2n) is 1.29. The van der Waals surface area contributed by atoms with Gasteiger partial charge in [-0.3, -0.25) is 0 Å². The third-order valence-corrected chi connectivity index (χ3v) is 0.769. The zero-order chi connectivity index (χ0) is 7.56. The number of carbonyl (C=O) groups excluding carboxylic acids is 1. The second-order valence-corrected chi connectivity index (χ2v) is 1.29. The van der Waals surface area contributed by atoms with Crippen LogP contribution < -0.4 is 0 Å². The summed E-state index contributed by atoms with van der Waals surface area (Å²) in [6.07, 6.45) is 0.751. The van der Waals surface area contributed by atoms with Gasteiger partial charge in [-0.1, -0.05) is 0 Å². The van der Waals surface area contributed by atoms with Crippen molar-refractivity contribution in [1.29, 1.82) is 0 Å². The first-order valence-electron chi connectivity index (χ1n) is 2.74. The third kappa shape index (κ3) is 1.07. The molecule has 0 aliphatic rings. The Morgan fingerprint density at radius 3 is 3.33 bits per heavy atom. The molecule has 1 rings (SSSR count). The lowest BCUT2D eigenvalue weighted by Gasteiger charge is -1.88. The first kappa shape index (κ1) is 4.55. The summed E-state index contributed by atoms with van der Waals surface area (Å²) in [6, 6.07) is 0. The molecule has 4 heteroatoms. The van der Waals surface area contributed by atoms with Crippen molar-refractivity contribution in [3.8, 4) is 0 Å². The first-order chi connectivity index (χ1) is 4.75. The van der Waals surface area contributed by atoms with Crippen LogP contribution in [0.25, 0.3) is 0 Å². The molecule has 0 aliphatic carbocycles. The van der Waals surface area contributed by atoms with Crippen LogP contribution in [0.3, 0.4) is 0 Å². The summed E-state index contributed by atoms with van der Waals surface area (Å²) in [7, 11) is 1.22. The maximum absolute atomic E-state index is 10.6. The predicted octanol–water partition coefficient (Wildman–Crippen LogP) is 0.461. The highest BCUT2D eigenvalue weighted by molar-refractivity contribution is 5.86. The van der Waals surface area contributed by atoms with E-state index in [2.05, 4.69) is 14.1 Å². The summed E-state index contributed by atoms with van der Waals surface area (Å²) in [5.74, 6) is -0.654. The van der Waals surface area contributed by atoms with E-state index in [4.69, 9.17) is 1.37 Å². The molecule has 0 radical (unpaired) electrons. The molecule has 0 unspecified atom stereocenters. The number of nitrogens with zero attached hydrogens (tertiary/aromatic N) is 1. The summed E-state index contributed by atoms with van der Waals surface area (Å²) < 4.78 is 15.7. The summed E-state index contributed by atoms with van der Waals surface area (Å²) in [4.78, 5) is 14.1. The summed E-state index contributed by atoms with van der Waals surface area (Å²) in [5.41, 5.74) is -0.0949. The maximum Gasteiger partial charge on any atom is 0.360 e. The van der Waals surface area contributed by atoms with E-state index in [-0.39, 0.29) is 11.9 Å². The second kappa shape index (κ2) is 2.30. The molecule has 1 aromatic heterocycles. The highest BCUT2D eigenvalue weighted by atomic mass is 16.5. The number of esters is 1. The van der Waals surface area contributed by atoms with Crippen LogP contribution in [0.5, 0.6) is 0 Å². The molecule has 0 amide bonds. The topological polar surface area (TPSA) is 52.3 Å². The fraction of sp³-hybridized carbons (Fsp3) is 0.200. The SMILES string of the molecule is [2H]c1ocnc1C(=O)OC. The Morgan fingerprint density at radius 2 is 2.89 bits per heavy atom. The average Bonchev–Trinajstić information content (AvgIpc) is 2.34. The van der Waals surface area contributed by atoms with Gasteiger partial charge in [0.05, 0.1) is 7.11 Å². The molecule has 0 atom stereocenters. The number of oxazole rings is 1. The molecular formula is C5H5NO3. The van der Waals surface area contributed by atoms with E-state index in [1.54, 1.807) is 0 Å². The van der Waals surface area contributed by atoms with Crippen molar-refractivity contribution in [2.75, 3.05) is 7.11 Å². The average molecular weight is 128 g/mol. The predicted molar refractivity (Wildman–Crippen MR) is 27.8 cm³/mol. The fourth-order valence-electron chi connectivity index (χ4n) is 0.379. The van der Waals surface area contributed by atoms with Crippen molar-refractivity contribution in [2.45, 2.75) is 0 Å². The van der Waals surface area contributed by atoms with Crippen LogP contribution in [0.2, 0.25) is 0 Å². The highest BCUT2D eigenvalue weighted by Crippen LogP contribution is 1.94. The molecule has 0 bridgehead atoms. The molecule has 0 saturated carbocycles. The summed E-state index contributed by atoms with van der Waals surface area (Å²) in [6.45, 7) is 0. The van der Waals surface area contributed by atoms with E-state index in [1.165, 1.54) is 7.11 Å². The van der Waals surface area contributed by atoms with Crippen molar-refractivity contribution in [3.63, 3.8) is 0 Å². The van der Waals surface area contributed by atoms with Crippen LogP contribution >= 0.6 is 0 Å². The molecule has 0 aliphatic heterocycles. The Morgan fingerprint density at radius 1 is 2.11 bits per heavy atom. The largest absolute Gasteiger partial charge is 0.464 e. The molecule has 0 spiro atoms. The smallest absolute Gasteiger partial charge is 0.360 e. The zero-order valence-electron chi connectivity index (χ0n) is 5.75. The fourth-order valence-corrected chi connectivity index (χ4v) is 0.379. The van der Waals surface area contributed by atoms with Crippen molar-refractivity contribution in [1.82, 2.24) is 4.98 Å². The number of rotatable bonds is 1. The van der Waals surface area contributed by atoms with Crippen molar-refractivity contribution in [2.24, 2.45) is 0 Å². The number of ether oxygens (including phenoxy) is 1. The van der Waals surface area contributed by atoms with Gasteiger partial charge in [0.1, 0.15) is 7.61 Å². The Kier molecular flexibility index (Phi) is 1.16. The maximum atomic E-state index is 10.6. The van der Waals surface area contributed by atoms with E-state index < -0.39 is 5.97 Å². The van der Waals surface area contributed by atoms with Gasteiger partial charge in [0, 0.05) is 0 Å². The van der Waals surface area contributed by atoms with Gasteiger partial charge in [0.15, 0.2) is 12.1 Å². The quantitative estimate of drug-likeness (QED) is 0.515.